The highest BCUT2D eigenvalue weighted by Crippen LogP contribution is 2.29. The predicted octanol–water partition coefficient (Wildman–Crippen LogP) is 0.692. The quantitative estimate of drug-likeness (QED) is 0.887. The average molecular weight is 290 g/mol. The number of hydrogen-bond acceptors (Lipinski definition) is 5. The van der Waals surface area contributed by atoms with E-state index in [0.717, 1.165) is 36.7 Å². The fraction of sp³-hybridized carbons (Fsp3) is 0.667. The molecule has 0 bridgehead atoms. The van der Waals surface area contributed by atoms with Gasteiger partial charge in [0.05, 0.1) is 18.6 Å². The summed E-state index contributed by atoms with van der Waals surface area (Å²) in [4.78, 5) is 24.5. The Bertz CT molecular complexity index is 542. The molecule has 6 nitrogen and oxygen atoms in total. The highest BCUT2D eigenvalue weighted by molar-refractivity contribution is 5.74. The molecule has 0 spiro atoms. The second kappa shape index (κ2) is 5.60. The standard InChI is InChI=1S/C15H22N4O2/c1-10-6-14(19-5-3-4-13(19)9-20)17-15(16-10)12-7-18(8-12)11(2)21/h6,12-13,20H,3-5,7-9H2,1-2H3/t13-/m1/s1. The maximum absolute atomic E-state index is 11.3. The van der Waals surface area contributed by atoms with E-state index >= 15 is 0 Å². The Hall–Kier alpha value is -1.69. The molecule has 2 fully saturated rings. The molecule has 0 radical (unpaired) electrons. The summed E-state index contributed by atoms with van der Waals surface area (Å²) < 4.78 is 0. The minimum atomic E-state index is 0.110. The first-order valence-corrected chi connectivity index (χ1v) is 7.57. The largest absolute Gasteiger partial charge is 0.394 e. The molecular formula is C15H22N4O2. The third-order valence-corrected chi connectivity index (χ3v) is 4.43. The molecule has 0 aliphatic carbocycles. The van der Waals surface area contributed by atoms with Crippen LogP contribution in [0.5, 0.6) is 0 Å². The lowest BCUT2D eigenvalue weighted by Gasteiger charge is -2.38. The van der Waals surface area contributed by atoms with Crippen LogP contribution in [0.25, 0.3) is 0 Å². The predicted molar refractivity (Wildman–Crippen MR) is 79.2 cm³/mol. The van der Waals surface area contributed by atoms with Gasteiger partial charge in [-0.1, -0.05) is 0 Å². The summed E-state index contributed by atoms with van der Waals surface area (Å²) in [6.07, 6.45) is 2.10. The molecule has 1 amide bonds. The highest BCUT2D eigenvalue weighted by atomic mass is 16.3. The second-order valence-electron chi connectivity index (χ2n) is 6.02. The topological polar surface area (TPSA) is 69.6 Å². The molecule has 0 saturated carbocycles. The van der Waals surface area contributed by atoms with E-state index in [2.05, 4.69) is 9.88 Å². The number of aliphatic hydroxyl groups is 1. The monoisotopic (exact) mass is 290 g/mol. The van der Waals surface area contributed by atoms with Gasteiger partial charge < -0.3 is 14.9 Å². The number of anilines is 1. The van der Waals surface area contributed by atoms with Gasteiger partial charge in [0, 0.05) is 38.3 Å². The van der Waals surface area contributed by atoms with E-state index < -0.39 is 0 Å². The number of aromatic nitrogens is 2. The Morgan fingerprint density at radius 3 is 2.86 bits per heavy atom. The van der Waals surface area contributed by atoms with Gasteiger partial charge in [-0.15, -0.1) is 0 Å². The molecule has 1 N–H and O–H groups in total. The minimum Gasteiger partial charge on any atom is -0.394 e. The number of aliphatic hydroxyl groups excluding tert-OH is 1. The lowest BCUT2D eigenvalue weighted by molar-refractivity contribution is -0.133. The molecule has 0 aromatic carbocycles. The molecule has 6 heteroatoms. The summed E-state index contributed by atoms with van der Waals surface area (Å²) in [7, 11) is 0. The van der Waals surface area contributed by atoms with Gasteiger partial charge in [0.15, 0.2) is 0 Å². The van der Waals surface area contributed by atoms with Crippen LogP contribution in [0, 0.1) is 6.92 Å². The molecule has 0 unspecified atom stereocenters. The van der Waals surface area contributed by atoms with Gasteiger partial charge in [0.2, 0.25) is 5.91 Å². The fourth-order valence-corrected chi connectivity index (χ4v) is 3.13. The van der Waals surface area contributed by atoms with Gasteiger partial charge >= 0.3 is 0 Å². The second-order valence-corrected chi connectivity index (χ2v) is 6.02. The van der Waals surface area contributed by atoms with E-state index in [9.17, 15) is 9.90 Å². The van der Waals surface area contributed by atoms with Crippen LogP contribution in [-0.4, -0.2) is 58.2 Å². The van der Waals surface area contributed by atoms with Crippen LogP contribution in [-0.2, 0) is 4.79 Å². The Morgan fingerprint density at radius 1 is 1.43 bits per heavy atom. The minimum absolute atomic E-state index is 0.110. The van der Waals surface area contributed by atoms with Crippen molar-refractivity contribution in [2.75, 3.05) is 31.1 Å². The normalized spacial score (nSPS) is 22.5. The highest BCUT2D eigenvalue weighted by Gasteiger charge is 2.33. The molecule has 1 aromatic heterocycles. The zero-order valence-electron chi connectivity index (χ0n) is 12.6. The zero-order chi connectivity index (χ0) is 15.0. The van der Waals surface area contributed by atoms with Crippen LogP contribution in [0.3, 0.4) is 0 Å². The van der Waals surface area contributed by atoms with Gasteiger partial charge in [-0.05, 0) is 19.8 Å². The maximum atomic E-state index is 11.3. The number of nitrogens with zero attached hydrogens (tertiary/aromatic N) is 4. The average Bonchev–Trinajstić information content (AvgIpc) is 2.84. The van der Waals surface area contributed by atoms with Crippen LogP contribution in [0.15, 0.2) is 6.07 Å². The Kier molecular flexibility index (Phi) is 3.80. The van der Waals surface area contributed by atoms with Gasteiger partial charge in [0.1, 0.15) is 11.6 Å². The summed E-state index contributed by atoms with van der Waals surface area (Å²) in [6.45, 7) is 6.09. The summed E-state index contributed by atoms with van der Waals surface area (Å²) >= 11 is 0. The maximum Gasteiger partial charge on any atom is 0.219 e. The summed E-state index contributed by atoms with van der Waals surface area (Å²) in [5.41, 5.74) is 0.944. The molecule has 114 valence electrons. The van der Waals surface area contributed by atoms with Crippen LogP contribution in [0.4, 0.5) is 5.82 Å². The molecule has 2 saturated heterocycles. The molecular weight excluding hydrogens is 268 g/mol. The summed E-state index contributed by atoms with van der Waals surface area (Å²) in [5, 5.41) is 9.47. The van der Waals surface area contributed by atoms with Crippen molar-refractivity contribution in [3.8, 4) is 0 Å². The third kappa shape index (κ3) is 2.72. The van der Waals surface area contributed by atoms with Crippen molar-refractivity contribution < 1.29 is 9.90 Å². The van der Waals surface area contributed by atoms with Gasteiger partial charge in [-0.25, -0.2) is 9.97 Å². The van der Waals surface area contributed by atoms with Crippen molar-refractivity contribution in [1.82, 2.24) is 14.9 Å². The number of hydrogen-bond donors (Lipinski definition) is 1. The number of rotatable bonds is 3. The molecule has 21 heavy (non-hydrogen) atoms. The van der Waals surface area contributed by atoms with Crippen molar-refractivity contribution in [3.63, 3.8) is 0 Å². The van der Waals surface area contributed by atoms with E-state index in [1.165, 1.54) is 0 Å². The Balaban J connectivity index is 1.79. The van der Waals surface area contributed by atoms with Crippen molar-refractivity contribution >= 4 is 11.7 Å². The molecule has 1 atom stereocenters. The van der Waals surface area contributed by atoms with Crippen molar-refractivity contribution in [2.45, 2.75) is 38.6 Å². The summed E-state index contributed by atoms with van der Waals surface area (Å²) in [6, 6.07) is 2.15. The first-order chi connectivity index (χ1) is 10.1. The first kappa shape index (κ1) is 14.3. The molecule has 2 aliphatic heterocycles. The number of amides is 1. The van der Waals surface area contributed by atoms with Crippen LogP contribution >= 0.6 is 0 Å². The number of carbonyl (C=O) groups is 1. The van der Waals surface area contributed by atoms with E-state index in [-0.39, 0.29) is 24.5 Å². The third-order valence-electron chi connectivity index (χ3n) is 4.43. The van der Waals surface area contributed by atoms with Crippen LogP contribution in [0.2, 0.25) is 0 Å². The molecule has 2 aliphatic rings. The van der Waals surface area contributed by atoms with E-state index in [1.807, 2.05) is 17.9 Å². The summed E-state index contributed by atoms with van der Waals surface area (Å²) in [5.74, 6) is 2.09. The lowest BCUT2D eigenvalue weighted by Crippen LogP contribution is -2.48. The van der Waals surface area contributed by atoms with Crippen molar-refractivity contribution in [3.05, 3.63) is 17.6 Å². The SMILES string of the molecule is CC(=O)N1CC(c2nc(C)cc(N3CCC[C@@H]3CO)n2)C1. The smallest absolute Gasteiger partial charge is 0.219 e. The van der Waals surface area contributed by atoms with Crippen LogP contribution < -0.4 is 4.90 Å². The fourth-order valence-electron chi connectivity index (χ4n) is 3.13. The van der Waals surface area contributed by atoms with Gasteiger partial charge in [-0.2, -0.15) is 0 Å². The Morgan fingerprint density at radius 2 is 2.19 bits per heavy atom. The van der Waals surface area contributed by atoms with Gasteiger partial charge in [0.25, 0.3) is 0 Å². The van der Waals surface area contributed by atoms with Crippen molar-refractivity contribution in [1.29, 1.82) is 0 Å². The molecule has 3 rings (SSSR count). The van der Waals surface area contributed by atoms with Crippen LogP contribution in [0.1, 0.15) is 37.2 Å². The van der Waals surface area contributed by atoms with E-state index in [4.69, 9.17) is 4.98 Å². The van der Waals surface area contributed by atoms with E-state index in [1.54, 1.807) is 6.92 Å². The van der Waals surface area contributed by atoms with E-state index in [0.29, 0.717) is 13.1 Å². The zero-order valence-corrected chi connectivity index (χ0v) is 12.6. The lowest BCUT2D eigenvalue weighted by atomic mass is 9.99. The molecule has 3 heterocycles. The number of aryl methyl sites for hydroxylation is 1. The molecule has 1 aromatic rings. The first-order valence-electron chi connectivity index (χ1n) is 7.57. The number of carbonyl (C=O) groups excluding carboxylic acids is 1. The number of likely N-dealkylation sites (tertiary alicyclic amines) is 1. The Labute approximate surface area is 124 Å². The van der Waals surface area contributed by atoms with Crippen molar-refractivity contribution in [2.24, 2.45) is 0 Å². The van der Waals surface area contributed by atoms with Gasteiger partial charge in [-0.3, -0.25) is 4.79 Å².